The van der Waals surface area contributed by atoms with Crippen LogP contribution in [-0.2, 0) is 19.6 Å². The van der Waals surface area contributed by atoms with Crippen molar-refractivity contribution in [1.82, 2.24) is 4.31 Å². The maximum Gasteiger partial charge on any atom is 0.339 e. The first-order valence-electron chi connectivity index (χ1n) is 8.01. The van der Waals surface area contributed by atoms with Crippen LogP contribution in [0.1, 0.15) is 17.3 Å². The van der Waals surface area contributed by atoms with Crippen LogP contribution in [0.5, 0.6) is 0 Å². The molecule has 0 unspecified atom stereocenters. The lowest BCUT2D eigenvalue weighted by molar-refractivity contribution is -0.123. The van der Waals surface area contributed by atoms with Gasteiger partial charge in [0.05, 0.1) is 10.5 Å². The van der Waals surface area contributed by atoms with Gasteiger partial charge in [-0.05, 0) is 37.3 Å². The van der Waals surface area contributed by atoms with Gasteiger partial charge in [-0.25, -0.2) is 26.3 Å². The fourth-order valence-electron chi connectivity index (χ4n) is 2.14. The standard InChI is InChI=1S/C18H18F2N2O5S/c1-11(27-18(24)12-7-13(19)9-14(20)8-12)17(23)21-15-5-4-6-16(10-15)28(25,26)22(2)3/h4-11H,1-3H3,(H,21,23)/t11-/m0/s1. The SMILES string of the molecule is C[C@H](OC(=O)c1cc(F)cc(F)c1)C(=O)Nc1cccc(S(=O)(=O)N(C)C)c1. The van der Waals surface area contributed by atoms with Crippen LogP contribution in [0.2, 0.25) is 0 Å². The molecule has 0 radical (unpaired) electrons. The molecular weight excluding hydrogens is 394 g/mol. The lowest BCUT2D eigenvalue weighted by atomic mass is 10.2. The number of nitrogens with one attached hydrogen (secondary N) is 1. The van der Waals surface area contributed by atoms with Gasteiger partial charge < -0.3 is 10.1 Å². The van der Waals surface area contributed by atoms with Crippen molar-refractivity contribution < 1.29 is 31.5 Å². The Kier molecular flexibility index (Phi) is 6.47. The van der Waals surface area contributed by atoms with Crippen LogP contribution in [-0.4, -0.2) is 44.8 Å². The van der Waals surface area contributed by atoms with E-state index in [0.717, 1.165) is 16.4 Å². The maximum atomic E-state index is 13.2. The normalized spacial score (nSPS) is 12.5. The van der Waals surface area contributed by atoms with Crippen molar-refractivity contribution >= 4 is 27.6 Å². The van der Waals surface area contributed by atoms with Crippen molar-refractivity contribution in [2.75, 3.05) is 19.4 Å². The molecule has 7 nitrogen and oxygen atoms in total. The lowest BCUT2D eigenvalue weighted by Gasteiger charge is -2.15. The summed E-state index contributed by atoms with van der Waals surface area (Å²) in [7, 11) is -0.948. The number of halogens is 2. The van der Waals surface area contributed by atoms with E-state index in [1.165, 1.54) is 45.3 Å². The summed E-state index contributed by atoms with van der Waals surface area (Å²) >= 11 is 0. The zero-order chi connectivity index (χ0) is 21.1. The minimum Gasteiger partial charge on any atom is -0.449 e. The number of anilines is 1. The van der Waals surface area contributed by atoms with Gasteiger partial charge in [0.15, 0.2) is 6.10 Å². The van der Waals surface area contributed by atoms with Gasteiger partial charge in [0.25, 0.3) is 5.91 Å². The Morgan fingerprint density at radius 2 is 1.68 bits per heavy atom. The molecule has 2 aromatic carbocycles. The first-order chi connectivity index (χ1) is 13.0. The van der Waals surface area contributed by atoms with E-state index in [9.17, 15) is 26.8 Å². The molecule has 0 aliphatic heterocycles. The summed E-state index contributed by atoms with van der Waals surface area (Å²) in [6, 6.07) is 7.69. The Balaban J connectivity index is 2.09. The Morgan fingerprint density at radius 1 is 1.07 bits per heavy atom. The monoisotopic (exact) mass is 412 g/mol. The highest BCUT2D eigenvalue weighted by molar-refractivity contribution is 7.89. The molecule has 2 rings (SSSR count). The molecule has 2 aromatic rings. The van der Waals surface area contributed by atoms with E-state index in [2.05, 4.69) is 5.32 Å². The second-order valence-electron chi connectivity index (χ2n) is 6.01. The third-order valence-electron chi connectivity index (χ3n) is 3.63. The van der Waals surface area contributed by atoms with Crippen molar-refractivity contribution in [1.29, 1.82) is 0 Å². The number of ether oxygens (including phenoxy) is 1. The number of nitrogens with zero attached hydrogens (tertiary/aromatic N) is 1. The summed E-state index contributed by atoms with van der Waals surface area (Å²) in [5.41, 5.74) is -0.205. The molecule has 28 heavy (non-hydrogen) atoms. The van der Waals surface area contributed by atoms with Gasteiger partial charge >= 0.3 is 5.97 Å². The summed E-state index contributed by atoms with van der Waals surface area (Å²) in [6.45, 7) is 1.27. The number of sulfonamides is 1. The number of esters is 1. The summed E-state index contributed by atoms with van der Waals surface area (Å²) < 4.78 is 56.6. The molecule has 1 N–H and O–H groups in total. The molecule has 1 amide bonds. The molecule has 10 heteroatoms. The largest absolute Gasteiger partial charge is 0.449 e. The minimum atomic E-state index is -3.69. The van der Waals surface area contributed by atoms with Crippen LogP contribution in [0.3, 0.4) is 0 Å². The van der Waals surface area contributed by atoms with Crippen molar-refractivity contribution in [3.8, 4) is 0 Å². The van der Waals surface area contributed by atoms with Crippen molar-refractivity contribution in [2.24, 2.45) is 0 Å². The fraction of sp³-hybridized carbons (Fsp3) is 0.222. The number of hydrogen-bond donors (Lipinski definition) is 1. The van der Waals surface area contributed by atoms with Gasteiger partial charge in [-0.1, -0.05) is 6.07 Å². The highest BCUT2D eigenvalue weighted by atomic mass is 32.2. The molecule has 1 atom stereocenters. The van der Waals surface area contributed by atoms with Crippen molar-refractivity contribution in [3.05, 3.63) is 59.7 Å². The lowest BCUT2D eigenvalue weighted by Crippen LogP contribution is -2.30. The van der Waals surface area contributed by atoms with E-state index in [0.29, 0.717) is 6.07 Å². The average Bonchev–Trinajstić information content (AvgIpc) is 2.60. The highest BCUT2D eigenvalue weighted by Gasteiger charge is 2.21. The van der Waals surface area contributed by atoms with Gasteiger partial charge in [0.2, 0.25) is 10.0 Å². The summed E-state index contributed by atoms with van der Waals surface area (Å²) in [5.74, 6) is -3.74. The van der Waals surface area contributed by atoms with Gasteiger partial charge in [0, 0.05) is 25.8 Å². The number of rotatable bonds is 6. The van der Waals surface area contributed by atoms with Crippen LogP contribution < -0.4 is 5.32 Å². The van der Waals surface area contributed by atoms with Gasteiger partial charge in [-0.3, -0.25) is 4.79 Å². The maximum absolute atomic E-state index is 13.2. The minimum absolute atomic E-state index is 0.0322. The Hall–Kier alpha value is -2.85. The van der Waals surface area contributed by atoms with Crippen molar-refractivity contribution in [3.63, 3.8) is 0 Å². The van der Waals surface area contributed by atoms with Crippen LogP contribution in [0.15, 0.2) is 47.4 Å². The Bertz CT molecular complexity index is 989. The first kappa shape index (κ1) is 21.5. The molecule has 0 heterocycles. The Morgan fingerprint density at radius 3 is 2.25 bits per heavy atom. The summed E-state index contributed by atoms with van der Waals surface area (Å²) in [6.07, 6.45) is -1.30. The Labute approximate surface area is 161 Å². The smallest absolute Gasteiger partial charge is 0.339 e. The molecule has 0 aromatic heterocycles. The first-order valence-corrected chi connectivity index (χ1v) is 9.45. The van der Waals surface area contributed by atoms with E-state index in [-0.39, 0.29) is 16.1 Å². The zero-order valence-corrected chi connectivity index (χ0v) is 16.1. The summed E-state index contributed by atoms with van der Waals surface area (Å²) in [5, 5.41) is 2.43. The van der Waals surface area contributed by atoms with Crippen LogP contribution in [0, 0.1) is 11.6 Å². The number of hydrogen-bond acceptors (Lipinski definition) is 5. The van der Waals surface area contributed by atoms with Gasteiger partial charge in [-0.15, -0.1) is 0 Å². The predicted molar refractivity (Wildman–Crippen MR) is 97.2 cm³/mol. The molecule has 0 aliphatic carbocycles. The molecular formula is C18H18F2N2O5S. The number of benzene rings is 2. The zero-order valence-electron chi connectivity index (χ0n) is 15.3. The second-order valence-corrected chi connectivity index (χ2v) is 8.16. The quantitative estimate of drug-likeness (QED) is 0.736. The van der Waals surface area contributed by atoms with E-state index < -0.39 is 39.6 Å². The summed E-state index contributed by atoms with van der Waals surface area (Å²) in [4.78, 5) is 24.1. The third kappa shape index (κ3) is 5.11. The van der Waals surface area contributed by atoms with Gasteiger partial charge in [-0.2, -0.15) is 0 Å². The van der Waals surface area contributed by atoms with Crippen LogP contribution in [0.4, 0.5) is 14.5 Å². The number of carbonyl (C=O) groups excluding carboxylic acids is 2. The van der Waals surface area contributed by atoms with Crippen LogP contribution in [0.25, 0.3) is 0 Å². The second kappa shape index (κ2) is 8.44. The molecule has 0 spiro atoms. The molecule has 150 valence electrons. The van der Waals surface area contributed by atoms with E-state index >= 15 is 0 Å². The molecule has 0 saturated carbocycles. The predicted octanol–water partition coefficient (Wildman–Crippen LogP) is 2.40. The average molecular weight is 412 g/mol. The molecule has 0 aliphatic rings. The fourth-order valence-corrected chi connectivity index (χ4v) is 3.09. The van der Waals surface area contributed by atoms with Crippen LogP contribution >= 0.6 is 0 Å². The topological polar surface area (TPSA) is 92.8 Å². The number of amides is 1. The van der Waals surface area contributed by atoms with Crippen molar-refractivity contribution in [2.45, 2.75) is 17.9 Å². The molecule has 0 fully saturated rings. The number of carbonyl (C=O) groups is 2. The molecule has 0 saturated heterocycles. The van der Waals surface area contributed by atoms with Gasteiger partial charge in [0.1, 0.15) is 11.6 Å². The molecule has 0 bridgehead atoms. The highest BCUT2D eigenvalue weighted by Crippen LogP contribution is 2.18. The third-order valence-corrected chi connectivity index (χ3v) is 5.44. The van der Waals surface area contributed by atoms with E-state index in [1.807, 2.05) is 0 Å². The van der Waals surface area contributed by atoms with E-state index in [1.54, 1.807) is 0 Å². The van der Waals surface area contributed by atoms with E-state index in [4.69, 9.17) is 4.74 Å².